The third-order valence-electron chi connectivity index (χ3n) is 3.05. The van der Waals surface area contributed by atoms with Crippen molar-refractivity contribution in [1.29, 1.82) is 0 Å². The van der Waals surface area contributed by atoms with Crippen LogP contribution in [-0.2, 0) is 0 Å². The van der Waals surface area contributed by atoms with Crippen LogP contribution in [-0.4, -0.2) is 4.98 Å². The molecule has 0 radical (unpaired) electrons. The zero-order valence-corrected chi connectivity index (χ0v) is 12.7. The van der Waals surface area contributed by atoms with Crippen LogP contribution >= 0.6 is 27.5 Å². The highest BCUT2D eigenvalue weighted by atomic mass is 79.9. The Kier molecular flexibility index (Phi) is 3.51. The third kappa shape index (κ3) is 2.44. The molecule has 0 saturated carbocycles. The molecule has 5 heteroatoms. The molecular formula is C15H11BrClN3. The molecule has 3 aromatic rings. The molecule has 0 aliphatic rings. The number of hydrogen-bond acceptors (Lipinski definition) is 3. The maximum Gasteiger partial charge on any atom is 0.0652 e. The fourth-order valence-corrected chi connectivity index (χ4v) is 2.78. The third-order valence-corrected chi connectivity index (χ3v) is 3.86. The molecule has 0 aliphatic carbocycles. The summed E-state index contributed by atoms with van der Waals surface area (Å²) in [5, 5.41) is 5.90. The molecule has 0 aliphatic heterocycles. The first-order chi connectivity index (χ1) is 9.65. The molecule has 0 atom stereocenters. The van der Waals surface area contributed by atoms with Crippen LogP contribution in [0.2, 0.25) is 5.02 Å². The van der Waals surface area contributed by atoms with E-state index in [1.54, 1.807) is 12.4 Å². The summed E-state index contributed by atoms with van der Waals surface area (Å²) >= 11 is 9.62. The van der Waals surface area contributed by atoms with E-state index >= 15 is 0 Å². The number of rotatable bonds is 2. The molecule has 3 N–H and O–H groups in total. The van der Waals surface area contributed by atoms with E-state index in [4.69, 9.17) is 17.3 Å². The summed E-state index contributed by atoms with van der Waals surface area (Å²) in [6.07, 6.45) is 3.52. The van der Waals surface area contributed by atoms with Crippen LogP contribution < -0.4 is 11.1 Å². The molecular weight excluding hydrogens is 338 g/mol. The highest BCUT2D eigenvalue weighted by Crippen LogP contribution is 2.33. The minimum absolute atomic E-state index is 0.647. The van der Waals surface area contributed by atoms with Crippen LogP contribution in [0.4, 0.5) is 17.1 Å². The summed E-state index contributed by atoms with van der Waals surface area (Å²) in [5.41, 5.74) is 8.47. The Morgan fingerprint density at radius 3 is 2.65 bits per heavy atom. The zero-order valence-electron chi connectivity index (χ0n) is 10.4. The van der Waals surface area contributed by atoms with Gasteiger partial charge in [0.25, 0.3) is 0 Å². The molecule has 0 bridgehead atoms. The maximum absolute atomic E-state index is 6.23. The second-order valence-electron chi connectivity index (χ2n) is 4.37. The molecule has 0 fully saturated rings. The van der Waals surface area contributed by atoms with Gasteiger partial charge in [0, 0.05) is 39.0 Å². The molecule has 3 rings (SSSR count). The number of fused-ring (bicyclic) bond motifs is 1. The summed E-state index contributed by atoms with van der Waals surface area (Å²) in [7, 11) is 0. The van der Waals surface area contributed by atoms with Crippen LogP contribution in [0.3, 0.4) is 0 Å². The van der Waals surface area contributed by atoms with Crippen molar-refractivity contribution in [3.63, 3.8) is 0 Å². The van der Waals surface area contributed by atoms with Gasteiger partial charge in [0.05, 0.1) is 10.7 Å². The van der Waals surface area contributed by atoms with E-state index in [1.165, 1.54) is 0 Å². The molecule has 0 spiro atoms. The highest BCUT2D eigenvalue weighted by Gasteiger charge is 2.06. The largest absolute Gasteiger partial charge is 0.398 e. The first kappa shape index (κ1) is 13.2. The Morgan fingerprint density at radius 2 is 1.85 bits per heavy atom. The lowest BCUT2D eigenvalue weighted by molar-refractivity contribution is 1.36. The zero-order chi connectivity index (χ0) is 14.1. The molecule has 0 amide bonds. The van der Waals surface area contributed by atoms with E-state index in [0.717, 1.165) is 32.3 Å². The molecule has 0 saturated heterocycles. The summed E-state index contributed by atoms with van der Waals surface area (Å²) in [6, 6.07) is 11.4. The van der Waals surface area contributed by atoms with Gasteiger partial charge in [-0.1, -0.05) is 27.5 Å². The van der Waals surface area contributed by atoms with Gasteiger partial charge in [0.1, 0.15) is 0 Å². The van der Waals surface area contributed by atoms with Gasteiger partial charge < -0.3 is 11.1 Å². The number of nitrogen functional groups attached to an aromatic ring is 1. The first-order valence-electron chi connectivity index (χ1n) is 5.99. The van der Waals surface area contributed by atoms with Crippen molar-refractivity contribution in [2.24, 2.45) is 0 Å². The standard InChI is InChI=1S/C15H11BrClN3/c16-9-1-3-15(12(17)7-9)20-14-4-2-13(18)10-5-6-19-8-11(10)14/h1-8,20H,18H2. The maximum atomic E-state index is 6.23. The highest BCUT2D eigenvalue weighted by molar-refractivity contribution is 9.10. The van der Waals surface area contributed by atoms with E-state index in [-0.39, 0.29) is 0 Å². The fourth-order valence-electron chi connectivity index (χ4n) is 2.06. The minimum Gasteiger partial charge on any atom is -0.398 e. The van der Waals surface area contributed by atoms with Gasteiger partial charge in [0.15, 0.2) is 0 Å². The van der Waals surface area contributed by atoms with Crippen LogP contribution in [0.5, 0.6) is 0 Å². The fraction of sp³-hybridized carbons (Fsp3) is 0. The SMILES string of the molecule is Nc1ccc(Nc2ccc(Br)cc2Cl)c2cnccc12. The Hall–Kier alpha value is -1.78. The Bertz CT molecular complexity index is 789. The van der Waals surface area contributed by atoms with Crippen molar-refractivity contribution in [3.05, 3.63) is 58.3 Å². The van der Waals surface area contributed by atoms with Gasteiger partial charge in [0.2, 0.25) is 0 Å². The van der Waals surface area contributed by atoms with Gasteiger partial charge in [-0.25, -0.2) is 0 Å². The predicted octanol–water partition coefficient (Wildman–Crippen LogP) is 4.98. The summed E-state index contributed by atoms with van der Waals surface area (Å²) in [4.78, 5) is 4.16. The van der Waals surface area contributed by atoms with E-state index in [2.05, 4.69) is 26.2 Å². The van der Waals surface area contributed by atoms with E-state index in [9.17, 15) is 0 Å². The summed E-state index contributed by atoms with van der Waals surface area (Å²) in [5.74, 6) is 0. The summed E-state index contributed by atoms with van der Waals surface area (Å²) in [6.45, 7) is 0. The molecule has 0 unspecified atom stereocenters. The molecule has 2 aromatic carbocycles. The lowest BCUT2D eigenvalue weighted by Gasteiger charge is -2.12. The topological polar surface area (TPSA) is 50.9 Å². The van der Waals surface area contributed by atoms with Crippen molar-refractivity contribution in [2.75, 3.05) is 11.1 Å². The van der Waals surface area contributed by atoms with Crippen molar-refractivity contribution in [1.82, 2.24) is 4.98 Å². The smallest absolute Gasteiger partial charge is 0.0652 e. The van der Waals surface area contributed by atoms with Crippen molar-refractivity contribution in [3.8, 4) is 0 Å². The molecule has 1 aromatic heterocycles. The number of nitrogens with one attached hydrogen (secondary N) is 1. The predicted molar refractivity (Wildman–Crippen MR) is 88.6 cm³/mol. The normalized spacial score (nSPS) is 10.7. The first-order valence-corrected chi connectivity index (χ1v) is 7.16. The van der Waals surface area contributed by atoms with Crippen LogP contribution in [0.15, 0.2) is 53.3 Å². The van der Waals surface area contributed by atoms with Gasteiger partial charge >= 0.3 is 0 Å². The number of pyridine rings is 1. The second-order valence-corrected chi connectivity index (χ2v) is 5.70. The molecule has 20 heavy (non-hydrogen) atoms. The lowest BCUT2D eigenvalue weighted by Crippen LogP contribution is -1.95. The number of aromatic nitrogens is 1. The van der Waals surface area contributed by atoms with E-state index in [1.807, 2.05) is 36.4 Å². The average molecular weight is 349 g/mol. The molecule has 100 valence electrons. The quantitative estimate of drug-likeness (QED) is 0.642. The van der Waals surface area contributed by atoms with Crippen LogP contribution in [0.25, 0.3) is 10.8 Å². The molecule has 1 heterocycles. The van der Waals surface area contributed by atoms with Crippen molar-refractivity contribution >= 4 is 55.4 Å². The van der Waals surface area contributed by atoms with Gasteiger partial charge in [-0.15, -0.1) is 0 Å². The van der Waals surface area contributed by atoms with E-state index < -0.39 is 0 Å². The van der Waals surface area contributed by atoms with Crippen molar-refractivity contribution in [2.45, 2.75) is 0 Å². The number of anilines is 3. The van der Waals surface area contributed by atoms with Crippen LogP contribution in [0, 0.1) is 0 Å². The van der Waals surface area contributed by atoms with Crippen LogP contribution in [0.1, 0.15) is 0 Å². The number of benzene rings is 2. The Labute approximate surface area is 129 Å². The lowest BCUT2D eigenvalue weighted by atomic mass is 10.1. The average Bonchev–Trinajstić information content (AvgIpc) is 2.45. The van der Waals surface area contributed by atoms with Gasteiger partial charge in [-0.2, -0.15) is 0 Å². The van der Waals surface area contributed by atoms with Gasteiger partial charge in [-0.05, 0) is 36.4 Å². The minimum atomic E-state index is 0.647. The number of hydrogen-bond donors (Lipinski definition) is 2. The van der Waals surface area contributed by atoms with E-state index in [0.29, 0.717) is 5.02 Å². The molecule has 3 nitrogen and oxygen atoms in total. The summed E-state index contributed by atoms with van der Waals surface area (Å²) < 4.78 is 0.942. The number of nitrogens with zero attached hydrogens (tertiary/aromatic N) is 1. The monoisotopic (exact) mass is 347 g/mol. The number of nitrogens with two attached hydrogens (primary N) is 1. The Morgan fingerprint density at radius 1 is 1.05 bits per heavy atom. The Balaban J connectivity index is 2.09. The number of halogens is 2. The second kappa shape index (κ2) is 5.31. The van der Waals surface area contributed by atoms with Crippen molar-refractivity contribution < 1.29 is 0 Å². The van der Waals surface area contributed by atoms with Gasteiger partial charge in [-0.3, -0.25) is 4.98 Å².